The van der Waals surface area contributed by atoms with Crippen molar-refractivity contribution in [3.63, 3.8) is 0 Å². The fourth-order valence-corrected chi connectivity index (χ4v) is 3.20. The molecule has 0 amide bonds. The van der Waals surface area contributed by atoms with Gasteiger partial charge in [0.1, 0.15) is 5.75 Å². The minimum Gasteiger partial charge on any atom is -0.497 e. The van der Waals surface area contributed by atoms with Crippen molar-refractivity contribution in [2.45, 2.75) is 10.9 Å². The number of methoxy groups -OCH3 is 1. The lowest BCUT2D eigenvalue weighted by molar-refractivity contribution is -0.384. The molecular formula is C17H13N5O4S. The molecule has 0 aliphatic heterocycles. The molecule has 4 aromatic rings. The topological polar surface area (TPSA) is 120 Å². The van der Waals surface area contributed by atoms with E-state index in [1.165, 1.54) is 23.9 Å². The van der Waals surface area contributed by atoms with Gasteiger partial charge in [-0.25, -0.2) is 4.98 Å². The number of thioether (sulfide) groups is 1. The third-order valence-corrected chi connectivity index (χ3v) is 4.64. The Balaban J connectivity index is 1.48. The Morgan fingerprint density at radius 1 is 1.26 bits per heavy atom. The van der Waals surface area contributed by atoms with E-state index in [0.717, 1.165) is 16.8 Å². The van der Waals surface area contributed by atoms with Gasteiger partial charge in [-0.3, -0.25) is 10.1 Å². The summed E-state index contributed by atoms with van der Waals surface area (Å²) in [5, 5.41) is 15.5. The lowest BCUT2D eigenvalue weighted by Crippen LogP contribution is -1.89. The molecule has 27 heavy (non-hydrogen) atoms. The number of nitro groups is 1. The average Bonchev–Trinajstić information content (AvgIpc) is 3.32. The molecule has 0 radical (unpaired) electrons. The standard InChI is InChI=1S/C17H13N5O4S/c1-25-12-5-6-13-14(8-12)19-17(18-13)27-9-15-20-16(21-26-15)10-3-2-4-11(7-10)22(23)24/h2-8H,9H2,1H3,(H,18,19). The predicted octanol–water partition coefficient (Wildman–Crippen LogP) is 3.82. The Labute approximate surface area is 156 Å². The highest BCUT2D eigenvalue weighted by atomic mass is 32.2. The first-order valence-corrected chi connectivity index (χ1v) is 8.85. The number of non-ortho nitro benzene ring substituents is 1. The van der Waals surface area contributed by atoms with E-state index in [1.54, 1.807) is 19.2 Å². The van der Waals surface area contributed by atoms with Gasteiger partial charge in [0.2, 0.25) is 11.7 Å². The van der Waals surface area contributed by atoms with Gasteiger partial charge in [-0.1, -0.05) is 29.1 Å². The van der Waals surface area contributed by atoms with E-state index in [9.17, 15) is 10.1 Å². The second-order valence-corrected chi connectivity index (χ2v) is 6.50. The van der Waals surface area contributed by atoms with E-state index in [0.29, 0.717) is 28.2 Å². The minimum absolute atomic E-state index is 0.0223. The quantitative estimate of drug-likeness (QED) is 0.303. The number of nitrogens with zero attached hydrogens (tertiary/aromatic N) is 4. The molecule has 2 heterocycles. The first kappa shape index (κ1) is 17.0. The molecule has 9 nitrogen and oxygen atoms in total. The van der Waals surface area contributed by atoms with Crippen LogP contribution in [0.4, 0.5) is 5.69 Å². The number of hydrogen-bond acceptors (Lipinski definition) is 8. The second-order valence-electron chi connectivity index (χ2n) is 5.53. The van der Waals surface area contributed by atoms with Crippen molar-refractivity contribution < 1.29 is 14.2 Å². The number of rotatable bonds is 6. The van der Waals surface area contributed by atoms with Crippen LogP contribution in [0.15, 0.2) is 52.1 Å². The van der Waals surface area contributed by atoms with Crippen LogP contribution < -0.4 is 4.74 Å². The van der Waals surface area contributed by atoms with Crippen molar-refractivity contribution in [1.82, 2.24) is 20.1 Å². The summed E-state index contributed by atoms with van der Waals surface area (Å²) >= 11 is 1.42. The largest absolute Gasteiger partial charge is 0.497 e. The van der Waals surface area contributed by atoms with Gasteiger partial charge in [-0.2, -0.15) is 4.98 Å². The summed E-state index contributed by atoms with van der Waals surface area (Å²) in [4.78, 5) is 22.4. The zero-order chi connectivity index (χ0) is 18.8. The zero-order valence-electron chi connectivity index (χ0n) is 14.1. The summed E-state index contributed by atoms with van der Waals surface area (Å²) in [6, 6.07) is 11.7. The van der Waals surface area contributed by atoms with E-state index in [1.807, 2.05) is 18.2 Å². The first-order valence-electron chi connectivity index (χ1n) is 7.86. The Kier molecular flexibility index (Phi) is 4.47. The van der Waals surface area contributed by atoms with E-state index in [2.05, 4.69) is 20.1 Å². The molecule has 0 fully saturated rings. The molecule has 2 aromatic heterocycles. The number of H-pyrrole nitrogens is 1. The number of nitro benzene ring substituents is 1. The van der Waals surface area contributed by atoms with Crippen LogP contribution in [0.1, 0.15) is 5.89 Å². The van der Waals surface area contributed by atoms with Crippen LogP contribution >= 0.6 is 11.8 Å². The van der Waals surface area contributed by atoms with Crippen LogP contribution in [0.2, 0.25) is 0 Å². The van der Waals surface area contributed by atoms with Crippen molar-refractivity contribution in [3.05, 3.63) is 58.5 Å². The van der Waals surface area contributed by atoms with Crippen LogP contribution in [0.3, 0.4) is 0 Å². The molecule has 1 N–H and O–H groups in total. The Morgan fingerprint density at radius 2 is 2.15 bits per heavy atom. The van der Waals surface area contributed by atoms with E-state index in [-0.39, 0.29) is 5.69 Å². The van der Waals surface area contributed by atoms with Gasteiger partial charge in [-0.15, -0.1) is 0 Å². The Hall–Kier alpha value is -3.40. The van der Waals surface area contributed by atoms with Crippen molar-refractivity contribution in [3.8, 4) is 17.1 Å². The van der Waals surface area contributed by atoms with Gasteiger partial charge < -0.3 is 14.2 Å². The number of ether oxygens (including phenoxy) is 1. The summed E-state index contributed by atoms with van der Waals surface area (Å²) in [7, 11) is 1.61. The number of fused-ring (bicyclic) bond motifs is 1. The van der Waals surface area contributed by atoms with Crippen LogP contribution in [0.25, 0.3) is 22.4 Å². The second kappa shape index (κ2) is 7.08. The predicted molar refractivity (Wildman–Crippen MR) is 98.6 cm³/mol. The Bertz CT molecular complexity index is 1120. The minimum atomic E-state index is -0.461. The van der Waals surface area contributed by atoms with Crippen LogP contribution in [-0.4, -0.2) is 32.1 Å². The van der Waals surface area contributed by atoms with Crippen molar-refractivity contribution in [2.75, 3.05) is 7.11 Å². The van der Waals surface area contributed by atoms with Gasteiger partial charge >= 0.3 is 0 Å². The molecule has 0 saturated carbocycles. The molecule has 10 heteroatoms. The molecule has 136 valence electrons. The van der Waals surface area contributed by atoms with Crippen molar-refractivity contribution >= 4 is 28.5 Å². The highest BCUT2D eigenvalue weighted by Gasteiger charge is 2.13. The van der Waals surface area contributed by atoms with Gasteiger partial charge in [0.15, 0.2) is 5.16 Å². The third kappa shape index (κ3) is 3.60. The molecule has 0 saturated heterocycles. The van der Waals surface area contributed by atoms with Crippen molar-refractivity contribution in [1.29, 1.82) is 0 Å². The summed E-state index contributed by atoms with van der Waals surface area (Å²) in [5.74, 6) is 1.88. The van der Waals surface area contributed by atoms with Crippen LogP contribution in [-0.2, 0) is 5.75 Å². The average molecular weight is 383 g/mol. The lowest BCUT2D eigenvalue weighted by Gasteiger charge is -1.96. The highest BCUT2D eigenvalue weighted by molar-refractivity contribution is 7.98. The summed E-state index contributed by atoms with van der Waals surface area (Å²) < 4.78 is 10.4. The maximum absolute atomic E-state index is 10.9. The van der Waals surface area contributed by atoms with Gasteiger partial charge in [0.05, 0.1) is 28.8 Å². The normalized spacial score (nSPS) is 11.0. The number of nitrogens with one attached hydrogen (secondary N) is 1. The zero-order valence-corrected chi connectivity index (χ0v) is 14.9. The number of hydrogen-bond donors (Lipinski definition) is 1. The molecule has 0 bridgehead atoms. The number of benzene rings is 2. The Morgan fingerprint density at radius 3 is 2.96 bits per heavy atom. The van der Waals surface area contributed by atoms with Gasteiger partial charge in [0, 0.05) is 23.8 Å². The molecule has 2 aromatic carbocycles. The first-order chi connectivity index (χ1) is 13.1. The van der Waals surface area contributed by atoms with E-state index < -0.39 is 4.92 Å². The number of aromatic amines is 1. The maximum Gasteiger partial charge on any atom is 0.270 e. The van der Waals surface area contributed by atoms with Gasteiger partial charge in [0.25, 0.3) is 5.69 Å². The summed E-state index contributed by atoms with van der Waals surface area (Å²) in [6.45, 7) is 0. The molecule has 4 rings (SSSR count). The van der Waals surface area contributed by atoms with Gasteiger partial charge in [-0.05, 0) is 12.1 Å². The van der Waals surface area contributed by atoms with Crippen LogP contribution in [0.5, 0.6) is 5.75 Å². The van der Waals surface area contributed by atoms with E-state index in [4.69, 9.17) is 9.26 Å². The molecule has 0 aliphatic rings. The highest BCUT2D eigenvalue weighted by Crippen LogP contribution is 2.26. The lowest BCUT2D eigenvalue weighted by atomic mass is 10.2. The third-order valence-electron chi connectivity index (χ3n) is 3.78. The molecule has 0 aliphatic carbocycles. The number of imidazole rings is 1. The molecular weight excluding hydrogens is 370 g/mol. The summed E-state index contributed by atoms with van der Waals surface area (Å²) in [5.41, 5.74) is 2.21. The molecule has 0 atom stereocenters. The summed E-state index contributed by atoms with van der Waals surface area (Å²) in [6.07, 6.45) is 0. The SMILES string of the molecule is COc1ccc2nc(SCc3nc(-c4cccc([N+](=O)[O-])c4)no3)[nH]c2c1. The monoisotopic (exact) mass is 383 g/mol. The number of aromatic nitrogens is 4. The molecule has 0 unspecified atom stereocenters. The van der Waals surface area contributed by atoms with E-state index >= 15 is 0 Å². The fraction of sp³-hybridized carbons (Fsp3) is 0.118. The smallest absolute Gasteiger partial charge is 0.270 e. The molecule has 0 spiro atoms. The van der Waals surface area contributed by atoms with Crippen molar-refractivity contribution in [2.24, 2.45) is 0 Å². The maximum atomic E-state index is 10.9. The van der Waals surface area contributed by atoms with Crippen LogP contribution in [0, 0.1) is 10.1 Å². The fourth-order valence-electron chi connectivity index (χ4n) is 2.48.